The van der Waals surface area contributed by atoms with Crippen molar-refractivity contribution in [2.75, 3.05) is 5.32 Å². The Morgan fingerprint density at radius 3 is 2.47 bits per heavy atom. The molecule has 0 fully saturated rings. The van der Waals surface area contributed by atoms with Crippen LogP contribution < -0.4 is 5.32 Å². The van der Waals surface area contributed by atoms with E-state index < -0.39 is 17.5 Å². The van der Waals surface area contributed by atoms with Crippen molar-refractivity contribution in [3.8, 4) is 0 Å². The van der Waals surface area contributed by atoms with Crippen LogP contribution in [-0.2, 0) is 0 Å². The number of anilines is 1. The van der Waals surface area contributed by atoms with Gasteiger partial charge in [-0.25, -0.2) is 8.78 Å². The highest BCUT2D eigenvalue weighted by Crippen LogP contribution is 2.20. The SMILES string of the molecule is Cc1ccc(C(=O)Nc2ccc(F)c(Br)c2)cc1F. The molecule has 0 aliphatic rings. The zero-order chi connectivity index (χ0) is 14.0. The predicted octanol–water partition coefficient (Wildman–Crippen LogP) is 4.29. The van der Waals surface area contributed by atoms with Gasteiger partial charge < -0.3 is 5.32 Å². The summed E-state index contributed by atoms with van der Waals surface area (Å²) in [4.78, 5) is 11.9. The van der Waals surface area contributed by atoms with Crippen LogP contribution in [0.3, 0.4) is 0 Å². The summed E-state index contributed by atoms with van der Waals surface area (Å²) in [7, 11) is 0. The molecule has 5 heteroatoms. The highest BCUT2D eigenvalue weighted by molar-refractivity contribution is 9.10. The van der Waals surface area contributed by atoms with Crippen LogP contribution in [0.2, 0.25) is 0 Å². The van der Waals surface area contributed by atoms with Crippen LogP contribution in [-0.4, -0.2) is 5.91 Å². The number of nitrogens with one attached hydrogen (secondary N) is 1. The molecule has 1 amide bonds. The van der Waals surface area contributed by atoms with Gasteiger partial charge in [0, 0.05) is 11.3 Å². The molecule has 0 aromatic heterocycles. The summed E-state index contributed by atoms with van der Waals surface area (Å²) in [5.74, 6) is -1.30. The van der Waals surface area contributed by atoms with Gasteiger partial charge in [-0.3, -0.25) is 4.79 Å². The Hall–Kier alpha value is -1.75. The van der Waals surface area contributed by atoms with Gasteiger partial charge in [0.1, 0.15) is 11.6 Å². The van der Waals surface area contributed by atoms with E-state index in [4.69, 9.17) is 0 Å². The lowest BCUT2D eigenvalue weighted by Crippen LogP contribution is -2.12. The molecule has 2 aromatic carbocycles. The molecule has 1 N–H and O–H groups in total. The Morgan fingerprint density at radius 1 is 1.11 bits per heavy atom. The Morgan fingerprint density at radius 2 is 1.84 bits per heavy atom. The van der Waals surface area contributed by atoms with E-state index in [1.54, 1.807) is 6.92 Å². The largest absolute Gasteiger partial charge is 0.322 e. The molecule has 19 heavy (non-hydrogen) atoms. The number of aryl methyl sites for hydroxylation is 1. The molecule has 98 valence electrons. The quantitative estimate of drug-likeness (QED) is 0.876. The van der Waals surface area contributed by atoms with E-state index >= 15 is 0 Å². The number of halogens is 3. The molecule has 0 spiro atoms. The summed E-state index contributed by atoms with van der Waals surface area (Å²) >= 11 is 3.03. The first-order valence-electron chi connectivity index (χ1n) is 5.50. The molecular weight excluding hydrogens is 316 g/mol. The van der Waals surface area contributed by atoms with Crippen LogP contribution in [0.25, 0.3) is 0 Å². The average molecular weight is 326 g/mol. The minimum Gasteiger partial charge on any atom is -0.322 e. The van der Waals surface area contributed by atoms with Gasteiger partial charge in [-0.1, -0.05) is 6.07 Å². The van der Waals surface area contributed by atoms with Gasteiger partial charge in [-0.05, 0) is 58.7 Å². The number of amides is 1. The zero-order valence-corrected chi connectivity index (χ0v) is 11.6. The Bertz CT molecular complexity index is 643. The van der Waals surface area contributed by atoms with Gasteiger partial charge in [-0.2, -0.15) is 0 Å². The van der Waals surface area contributed by atoms with Crippen LogP contribution in [0, 0.1) is 18.6 Å². The van der Waals surface area contributed by atoms with Crippen LogP contribution >= 0.6 is 15.9 Å². The fourth-order valence-electron chi connectivity index (χ4n) is 1.51. The van der Waals surface area contributed by atoms with Gasteiger partial charge >= 0.3 is 0 Å². The third kappa shape index (κ3) is 3.17. The molecule has 0 unspecified atom stereocenters. The fraction of sp³-hybridized carbons (Fsp3) is 0.0714. The first-order valence-corrected chi connectivity index (χ1v) is 6.29. The lowest BCUT2D eigenvalue weighted by Gasteiger charge is -2.07. The number of benzene rings is 2. The van der Waals surface area contributed by atoms with Crippen LogP contribution in [0.4, 0.5) is 14.5 Å². The highest BCUT2D eigenvalue weighted by Gasteiger charge is 2.09. The molecule has 0 saturated carbocycles. The number of rotatable bonds is 2. The minimum atomic E-state index is -0.447. The predicted molar refractivity (Wildman–Crippen MR) is 73.2 cm³/mol. The van der Waals surface area contributed by atoms with E-state index in [2.05, 4.69) is 21.2 Å². The van der Waals surface area contributed by atoms with Crippen LogP contribution in [0.1, 0.15) is 15.9 Å². The standard InChI is InChI=1S/C14H10BrF2NO/c1-8-2-3-9(6-13(8)17)14(19)18-10-4-5-12(16)11(15)7-10/h2-7H,1H3,(H,18,19). The molecule has 0 atom stereocenters. The second-order valence-electron chi connectivity index (χ2n) is 4.05. The summed E-state index contributed by atoms with van der Waals surface area (Å²) in [5, 5.41) is 2.57. The first kappa shape index (κ1) is 13.7. The molecule has 0 aliphatic carbocycles. The van der Waals surface area contributed by atoms with Crippen molar-refractivity contribution in [3.05, 3.63) is 63.6 Å². The third-order valence-electron chi connectivity index (χ3n) is 2.61. The Balaban J connectivity index is 2.20. The van der Waals surface area contributed by atoms with Gasteiger partial charge in [0.25, 0.3) is 5.91 Å². The molecule has 0 radical (unpaired) electrons. The summed E-state index contributed by atoms with van der Waals surface area (Å²) in [5.41, 5.74) is 1.11. The topological polar surface area (TPSA) is 29.1 Å². The molecular formula is C14H10BrF2NO. The fourth-order valence-corrected chi connectivity index (χ4v) is 1.89. The summed E-state index contributed by atoms with van der Waals surface area (Å²) in [6.07, 6.45) is 0. The number of hydrogen-bond donors (Lipinski definition) is 1. The van der Waals surface area contributed by atoms with E-state index in [1.807, 2.05) is 0 Å². The zero-order valence-electron chi connectivity index (χ0n) is 10.0. The second-order valence-corrected chi connectivity index (χ2v) is 4.90. The molecule has 2 aromatic rings. The van der Waals surface area contributed by atoms with Crippen molar-refractivity contribution in [2.45, 2.75) is 6.92 Å². The maximum Gasteiger partial charge on any atom is 0.255 e. The van der Waals surface area contributed by atoms with Crippen molar-refractivity contribution < 1.29 is 13.6 Å². The van der Waals surface area contributed by atoms with E-state index in [0.29, 0.717) is 11.3 Å². The molecule has 0 bridgehead atoms. The lowest BCUT2D eigenvalue weighted by atomic mass is 10.1. The Kier molecular flexibility index (Phi) is 3.95. The van der Waals surface area contributed by atoms with Crippen LogP contribution in [0.15, 0.2) is 40.9 Å². The van der Waals surface area contributed by atoms with E-state index in [0.717, 1.165) is 0 Å². The Labute approximate surface area is 117 Å². The number of carbonyl (C=O) groups excluding carboxylic acids is 1. The molecule has 0 heterocycles. The van der Waals surface area contributed by atoms with Gasteiger partial charge in [0.05, 0.1) is 4.47 Å². The van der Waals surface area contributed by atoms with E-state index in [-0.39, 0.29) is 10.0 Å². The molecule has 2 rings (SSSR count). The van der Waals surface area contributed by atoms with Crippen molar-refractivity contribution in [3.63, 3.8) is 0 Å². The maximum atomic E-state index is 13.4. The summed E-state index contributed by atoms with van der Waals surface area (Å²) in [6, 6.07) is 8.34. The minimum absolute atomic E-state index is 0.212. The van der Waals surface area contributed by atoms with Gasteiger partial charge in [0.15, 0.2) is 0 Å². The molecule has 0 saturated heterocycles. The molecule has 2 nitrogen and oxygen atoms in total. The van der Waals surface area contributed by atoms with Gasteiger partial charge in [-0.15, -0.1) is 0 Å². The first-order chi connectivity index (χ1) is 8.97. The van der Waals surface area contributed by atoms with Gasteiger partial charge in [0.2, 0.25) is 0 Å². The van der Waals surface area contributed by atoms with Crippen molar-refractivity contribution in [1.29, 1.82) is 0 Å². The van der Waals surface area contributed by atoms with E-state index in [9.17, 15) is 13.6 Å². The van der Waals surface area contributed by atoms with Crippen molar-refractivity contribution in [1.82, 2.24) is 0 Å². The molecule has 0 aliphatic heterocycles. The monoisotopic (exact) mass is 325 g/mol. The lowest BCUT2D eigenvalue weighted by molar-refractivity contribution is 0.102. The summed E-state index contributed by atoms with van der Waals surface area (Å²) in [6.45, 7) is 1.62. The number of carbonyl (C=O) groups is 1. The number of hydrogen-bond acceptors (Lipinski definition) is 1. The highest BCUT2D eigenvalue weighted by atomic mass is 79.9. The third-order valence-corrected chi connectivity index (χ3v) is 3.22. The van der Waals surface area contributed by atoms with E-state index in [1.165, 1.54) is 36.4 Å². The smallest absolute Gasteiger partial charge is 0.255 e. The second kappa shape index (κ2) is 5.48. The van der Waals surface area contributed by atoms with Crippen molar-refractivity contribution in [2.24, 2.45) is 0 Å². The van der Waals surface area contributed by atoms with Crippen molar-refractivity contribution >= 4 is 27.5 Å². The van der Waals surface area contributed by atoms with Crippen LogP contribution in [0.5, 0.6) is 0 Å². The normalized spacial score (nSPS) is 10.3. The summed E-state index contributed by atoms with van der Waals surface area (Å²) < 4.78 is 26.7. The maximum absolute atomic E-state index is 13.4. The average Bonchev–Trinajstić information content (AvgIpc) is 2.37.